The van der Waals surface area contributed by atoms with Gasteiger partial charge in [-0.2, -0.15) is 0 Å². The summed E-state index contributed by atoms with van der Waals surface area (Å²) in [6.45, 7) is 0.508. The third kappa shape index (κ3) is 3.77. The molecule has 0 aliphatic heterocycles. The fourth-order valence-corrected chi connectivity index (χ4v) is 2.09. The molecular weight excluding hydrogens is 262 g/mol. The van der Waals surface area contributed by atoms with Gasteiger partial charge in [0.15, 0.2) is 0 Å². The lowest BCUT2D eigenvalue weighted by molar-refractivity contribution is 0.316. The molecule has 106 valence electrons. The molecule has 0 amide bonds. The average molecular weight is 279 g/mol. The summed E-state index contributed by atoms with van der Waals surface area (Å²) in [7, 11) is 0. The highest BCUT2D eigenvalue weighted by molar-refractivity contribution is 5.87. The molecule has 21 heavy (non-hydrogen) atoms. The van der Waals surface area contributed by atoms with E-state index in [1.165, 1.54) is 0 Å². The normalized spacial score (nSPS) is 12.4. The number of hydrogen-bond donors (Lipinski definition) is 3. The number of oxime groups is 1. The van der Waals surface area contributed by atoms with Crippen LogP contribution in [0.5, 0.6) is 0 Å². The Balaban J connectivity index is 2.15. The first-order chi connectivity index (χ1) is 10.2. The summed E-state index contributed by atoms with van der Waals surface area (Å²) in [5, 5.41) is 15.4. The minimum Gasteiger partial charge on any atom is -0.409 e. The Kier molecular flexibility index (Phi) is 4.84. The fraction of sp³-hybridized carbons (Fsp3) is 0.118. The first-order valence-electron chi connectivity index (χ1n) is 6.57. The van der Waals surface area contributed by atoms with Crippen LogP contribution in [0.4, 0.5) is 5.69 Å². The van der Waals surface area contributed by atoms with Crippen LogP contribution in [0.1, 0.15) is 17.0 Å². The Morgan fingerprint density at radius 1 is 1.24 bits per heavy atom. The zero-order chi connectivity index (χ0) is 15.1. The predicted octanol–water partition coefficient (Wildman–Crippen LogP) is 2.61. The minimum absolute atomic E-state index is 0.168. The molecule has 0 heterocycles. The summed E-state index contributed by atoms with van der Waals surface area (Å²) in [6.07, 6.45) is 5.39. The molecule has 0 bridgehead atoms. The molecule has 0 saturated heterocycles. The number of nitrogens with two attached hydrogens (primary N) is 1. The summed E-state index contributed by atoms with van der Waals surface area (Å²) >= 11 is 0. The zero-order valence-electron chi connectivity index (χ0n) is 11.5. The van der Waals surface area contributed by atoms with Crippen molar-refractivity contribution in [2.24, 2.45) is 10.9 Å². The number of rotatable bonds is 5. The summed E-state index contributed by atoms with van der Waals surface area (Å²) in [4.78, 5) is 0. The van der Waals surface area contributed by atoms with Crippen molar-refractivity contribution in [1.82, 2.24) is 0 Å². The second-order valence-corrected chi connectivity index (χ2v) is 4.59. The predicted molar refractivity (Wildman–Crippen MR) is 85.5 cm³/mol. The monoisotopic (exact) mass is 279 g/mol. The Labute approximate surface area is 124 Å². The van der Waals surface area contributed by atoms with Crippen LogP contribution < -0.4 is 11.1 Å². The van der Waals surface area contributed by atoms with E-state index < -0.39 is 0 Å². The number of amidine groups is 1. The standard InChI is InChI=1S/C17H17N3O/c1-2-13-7-6-10-15(11-13)19-12-16(17(18)20-21)14-8-4-3-5-9-14/h1,3-11,16,19,21H,12H2,(H2,18,20). The fourth-order valence-electron chi connectivity index (χ4n) is 2.09. The zero-order valence-corrected chi connectivity index (χ0v) is 11.5. The summed E-state index contributed by atoms with van der Waals surface area (Å²) in [5.41, 5.74) is 8.48. The SMILES string of the molecule is C#Cc1cccc(NCC(C(N)=NO)c2ccccc2)c1. The molecule has 2 aromatic rings. The van der Waals surface area contributed by atoms with Crippen molar-refractivity contribution in [2.75, 3.05) is 11.9 Å². The lowest BCUT2D eigenvalue weighted by atomic mass is 9.98. The summed E-state index contributed by atoms with van der Waals surface area (Å²) in [5.74, 6) is 2.54. The van der Waals surface area contributed by atoms with Gasteiger partial charge in [-0.05, 0) is 23.8 Å². The Hall–Kier alpha value is -2.93. The molecule has 0 spiro atoms. The lowest BCUT2D eigenvalue weighted by Crippen LogP contribution is -2.28. The molecule has 2 aromatic carbocycles. The van der Waals surface area contributed by atoms with Crippen molar-refractivity contribution in [3.05, 3.63) is 65.7 Å². The third-order valence-electron chi connectivity index (χ3n) is 3.21. The molecule has 0 aliphatic rings. The molecule has 0 fully saturated rings. The van der Waals surface area contributed by atoms with Crippen molar-refractivity contribution in [2.45, 2.75) is 5.92 Å². The van der Waals surface area contributed by atoms with Crippen LogP contribution in [0.3, 0.4) is 0 Å². The number of hydrogen-bond acceptors (Lipinski definition) is 3. The molecule has 0 aliphatic carbocycles. The van der Waals surface area contributed by atoms with Gasteiger partial charge in [-0.1, -0.05) is 47.5 Å². The van der Waals surface area contributed by atoms with Crippen molar-refractivity contribution < 1.29 is 5.21 Å². The maximum absolute atomic E-state index is 8.95. The minimum atomic E-state index is -0.217. The van der Waals surface area contributed by atoms with Gasteiger partial charge in [-0.25, -0.2) is 0 Å². The second kappa shape index (κ2) is 7.01. The highest BCUT2D eigenvalue weighted by Gasteiger charge is 2.16. The van der Waals surface area contributed by atoms with Gasteiger partial charge in [0.05, 0.1) is 5.92 Å². The van der Waals surface area contributed by atoms with Gasteiger partial charge in [0.2, 0.25) is 0 Å². The van der Waals surface area contributed by atoms with E-state index in [9.17, 15) is 0 Å². The Bertz CT molecular complexity index is 659. The van der Waals surface area contributed by atoms with Crippen LogP contribution >= 0.6 is 0 Å². The number of benzene rings is 2. The van der Waals surface area contributed by atoms with Gasteiger partial charge in [0.25, 0.3) is 0 Å². The van der Waals surface area contributed by atoms with Gasteiger partial charge >= 0.3 is 0 Å². The summed E-state index contributed by atoms with van der Waals surface area (Å²) < 4.78 is 0. The maximum atomic E-state index is 8.95. The molecule has 1 unspecified atom stereocenters. The van der Waals surface area contributed by atoms with E-state index in [-0.39, 0.29) is 11.8 Å². The van der Waals surface area contributed by atoms with Crippen LogP contribution in [0.25, 0.3) is 0 Å². The van der Waals surface area contributed by atoms with Crippen molar-refractivity contribution in [1.29, 1.82) is 0 Å². The van der Waals surface area contributed by atoms with Crippen molar-refractivity contribution in [3.63, 3.8) is 0 Å². The maximum Gasteiger partial charge on any atom is 0.148 e. The molecule has 4 nitrogen and oxygen atoms in total. The van der Waals surface area contributed by atoms with Gasteiger partial charge in [0.1, 0.15) is 5.84 Å². The molecule has 0 aromatic heterocycles. The first-order valence-corrected chi connectivity index (χ1v) is 6.57. The van der Waals surface area contributed by atoms with Crippen molar-refractivity contribution in [3.8, 4) is 12.3 Å². The Morgan fingerprint density at radius 2 is 2.00 bits per heavy atom. The van der Waals surface area contributed by atoms with Gasteiger partial charge in [0, 0.05) is 17.8 Å². The van der Waals surface area contributed by atoms with Gasteiger partial charge < -0.3 is 16.3 Å². The smallest absolute Gasteiger partial charge is 0.148 e. The quantitative estimate of drug-likeness (QED) is 0.259. The topological polar surface area (TPSA) is 70.6 Å². The van der Waals surface area contributed by atoms with Crippen LogP contribution in [-0.2, 0) is 0 Å². The number of anilines is 1. The van der Waals surface area contributed by atoms with E-state index in [1.807, 2.05) is 54.6 Å². The van der Waals surface area contributed by atoms with E-state index in [2.05, 4.69) is 16.4 Å². The molecular formula is C17H17N3O. The van der Waals surface area contributed by atoms with Crippen molar-refractivity contribution >= 4 is 11.5 Å². The van der Waals surface area contributed by atoms with Crippen LogP contribution in [0.2, 0.25) is 0 Å². The first kappa shape index (κ1) is 14.5. The van der Waals surface area contributed by atoms with Gasteiger partial charge in [-0.15, -0.1) is 6.42 Å². The van der Waals surface area contributed by atoms with E-state index >= 15 is 0 Å². The molecule has 1 atom stereocenters. The number of terminal acetylenes is 1. The molecule has 4 heteroatoms. The number of nitrogens with one attached hydrogen (secondary N) is 1. The van der Waals surface area contributed by atoms with E-state index in [1.54, 1.807) is 0 Å². The summed E-state index contributed by atoms with van der Waals surface area (Å²) in [6, 6.07) is 17.2. The van der Waals surface area contributed by atoms with E-state index in [0.717, 1.165) is 16.8 Å². The lowest BCUT2D eigenvalue weighted by Gasteiger charge is -2.17. The van der Waals surface area contributed by atoms with E-state index in [4.69, 9.17) is 17.4 Å². The largest absolute Gasteiger partial charge is 0.409 e. The Morgan fingerprint density at radius 3 is 2.67 bits per heavy atom. The molecule has 2 rings (SSSR count). The second-order valence-electron chi connectivity index (χ2n) is 4.59. The highest BCUT2D eigenvalue weighted by Crippen LogP contribution is 2.18. The van der Waals surface area contributed by atoms with Crippen LogP contribution in [0, 0.1) is 12.3 Å². The van der Waals surface area contributed by atoms with E-state index in [0.29, 0.717) is 6.54 Å². The molecule has 0 radical (unpaired) electrons. The van der Waals surface area contributed by atoms with Crippen LogP contribution in [0.15, 0.2) is 59.8 Å². The highest BCUT2D eigenvalue weighted by atomic mass is 16.4. The number of nitrogens with zero attached hydrogens (tertiary/aromatic N) is 1. The molecule has 4 N–H and O–H groups in total. The van der Waals surface area contributed by atoms with Crippen LogP contribution in [-0.4, -0.2) is 17.6 Å². The third-order valence-corrected chi connectivity index (χ3v) is 3.21. The van der Waals surface area contributed by atoms with Gasteiger partial charge in [-0.3, -0.25) is 0 Å². The average Bonchev–Trinajstić information content (AvgIpc) is 2.56. The molecule has 0 saturated carbocycles.